The number of hydrogen-bond acceptors (Lipinski definition) is 0. The molecule has 0 heterocycles. The van der Waals surface area contributed by atoms with E-state index >= 15 is 0 Å². The quantitative estimate of drug-likeness (QED) is 0.617. The van der Waals surface area contributed by atoms with Gasteiger partial charge in [0, 0.05) is 8.58 Å². The third kappa shape index (κ3) is 1.70. The lowest BCUT2D eigenvalue weighted by Crippen LogP contribution is -1.71. The van der Waals surface area contributed by atoms with Gasteiger partial charge in [-0.05, 0) is 40.4 Å². The van der Waals surface area contributed by atoms with E-state index in [-0.39, 0.29) is 15.5 Å². The zero-order valence-electron chi connectivity index (χ0n) is 10.3. The summed E-state index contributed by atoms with van der Waals surface area (Å²) >= 11 is 8.62. The second-order valence-electron chi connectivity index (χ2n) is 1.38. The van der Waals surface area contributed by atoms with Crippen LogP contribution in [0.3, 0.4) is 0 Å². The van der Waals surface area contributed by atoms with E-state index in [9.17, 15) is 0 Å². The molecule has 0 fully saturated rings. The Labute approximate surface area is 76.4 Å². The molecule has 1 aromatic rings. The van der Waals surface area contributed by atoms with E-state index in [1.165, 1.54) is 0 Å². The van der Waals surface area contributed by atoms with Crippen molar-refractivity contribution in [3.05, 3.63) is 33.2 Å². The summed E-state index contributed by atoms with van der Waals surface area (Å²) < 4.78 is 44.0. The van der Waals surface area contributed by atoms with Crippen LogP contribution in [0.25, 0.3) is 0 Å². The lowest BCUT2D eigenvalue weighted by atomic mass is 10.2. The van der Waals surface area contributed by atoms with Crippen molar-refractivity contribution in [2.24, 2.45) is 0 Å². The van der Waals surface area contributed by atoms with Crippen molar-refractivity contribution in [1.82, 2.24) is 0 Å². The van der Waals surface area contributed by atoms with Crippen LogP contribution in [-0.4, -0.2) is 0 Å². The largest absolute Gasteiger partial charge is 0.0831 e. The second kappa shape index (κ2) is 2.72. The average Bonchev–Trinajstić information content (AvgIpc) is 2.09. The highest BCUT2D eigenvalue weighted by molar-refractivity contribution is 9.10. The van der Waals surface area contributed by atoms with Gasteiger partial charge in [0.05, 0.1) is 9.13 Å². The molecule has 0 aromatic heterocycles. The molecule has 0 spiro atoms. The molecule has 9 heavy (non-hydrogen) atoms. The molecule has 0 atom stereocenters. The third-order valence-corrected chi connectivity index (χ3v) is 1.83. The summed E-state index contributed by atoms with van der Waals surface area (Å²) in [6.45, 7) is -2.60. The van der Waals surface area contributed by atoms with Crippen LogP contribution < -0.4 is 0 Å². The fraction of sp³-hybridized carbons (Fsp3) is 0.143. The van der Waals surface area contributed by atoms with E-state index in [0.717, 1.165) is 0 Å². The summed E-state index contributed by atoms with van der Waals surface area (Å²) in [5.41, 5.74) is -0.485. The molecule has 0 saturated heterocycles. The van der Waals surface area contributed by atoms with Crippen molar-refractivity contribution in [3.8, 4) is 0 Å². The maximum absolute atomic E-state index is 7.50. The van der Waals surface area contributed by atoms with Gasteiger partial charge in [0.1, 0.15) is 0 Å². The van der Waals surface area contributed by atoms with Crippen molar-refractivity contribution in [3.63, 3.8) is 0 Å². The predicted molar refractivity (Wildman–Crippen MR) is 43.9 cm³/mol. The standard InChI is InChI=1S/C7H6BrCl/c1-5-2-3-6(8)7(9)4-5/h2-4H,1H3/i1D3,2D,3D,4D. The van der Waals surface area contributed by atoms with Gasteiger partial charge in [0.2, 0.25) is 0 Å². The molecule has 0 aliphatic rings. The van der Waals surface area contributed by atoms with Gasteiger partial charge < -0.3 is 0 Å². The van der Waals surface area contributed by atoms with E-state index in [2.05, 4.69) is 15.9 Å². The molecule has 1 aromatic carbocycles. The molecule has 0 radical (unpaired) electrons. The molecule has 0 nitrogen and oxygen atoms in total. The van der Waals surface area contributed by atoms with Gasteiger partial charge in [-0.2, -0.15) is 0 Å². The van der Waals surface area contributed by atoms with Gasteiger partial charge in [-0.25, -0.2) is 0 Å². The summed E-state index contributed by atoms with van der Waals surface area (Å²) in [7, 11) is 0. The Morgan fingerprint density at radius 2 is 2.56 bits per heavy atom. The SMILES string of the molecule is [2H]c1c([2H])c(C([2H])([2H])[2H])c([2H])c(Cl)c1Br. The highest BCUT2D eigenvalue weighted by atomic mass is 79.9. The minimum absolute atomic E-state index is 0.0761. The smallest absolute Gasteiger partial charge is 0.0642 e. The molecule has 0 amide bonds. The number of rotatable bonds is 0. The van der Waals surface area contributed by atoms with Crippen molar-refractivity contribution in [2.45, 2.75) is 6.85 Å². The number of halogens is 2. The molecule has 0 bridgehead atoms. The predicted octanol–water partition coefficient (Wildman–Crippen LogP) is 3.41. The third-order valence-electron chi connectivity index (χ3n) is 0.725. The number of hydrogen-bond donors (Lipinski definition) is 0. The van der Waals surface area contributed by atoms with Crippen LogP contribution in [0.5, 0.6) is 0 Å². The van der Waals surface area contributed by atoms with Crippen LogP contribution in [0.2, 0.25) is 5.02 Å². The highest BCUT2D eigenvalue weighted by Gasteiger charge is 1.93. The van der Waals surface area contributed by atoms with Gasteiger partial charge in [-0.15, -0.1) is 0 Å². The van der Waals surface area contributed by atoms with E-state index in [0.29, 0.717) is 0 Å². The Kier molecular flexibility index (Phi) is 0.771. The van der Waals surface area contributed by atoms with Crippen molar-refractivity contribution in [1.29, 1.82) is 0 Å². The first-order valence-electron chi connectivity index (χ1n) is 5.13. The monoisotopic (exact) mass is 210 g/mol. The van der Waals surface area contributed by atoms with Crippen molar-refractivity contribution >= 4 is 27.5 Å². The first kappa shape index (κ1) is 2.55. The van der Waals surface area contributed by atoms with Crippen LogP contribution in [0.15, 0.2) is 22.6 Å². The van der Waals surface area contributed by atoms with Crippen molar-refractivity contribution < 1.29 is 8.22 Å². The van der Waals surface area contributed by atoms with Crippen LogP contribution in [0.4, 0.5) is 0 Å². The van der Waals surface area contributed by atoms with E-state index < -0.39 is 24.5 Å². The first-order chi connectivity index (χ1) is 6.68. The van der Waals surface area contributed by atoms with Crippen LogP contribution in [0, 0.1) is 6.85 Å². The molecular formula is C7H6BrCl. The molecule has 0 saturated carbocycles. The van der Waals surface area contributed by atoms with Crippen molar-refractivity contribution in [2.75, 3.05) is 0 Å². The van der Waals surface area contributed by atoms with Crippen LogP contribution >= 0.6 is 27.5 Å². The normalized spacial score (nSPS) is 20.7. The molecule has 48 valence electrons. The van der Waals surface area contributed by atoms with Gasteiger partial charge >= 0.3 is 0 Å². The first-order valence-corrected chi connectivity index (χ1v) is 3.30. The zero-order chi connectivity index (χ0) is 12.0. The summed E-state index contributed by atoms with van der Waals surface area (Å²) in [6, 6.07) is -1.23. The lowest BCUT2D eigenvalue weighted by Gasteiger charge is -1.94. The topological polar surface area (TPSA) is 0 Å². The Morgan fingerprint density at radius 1 is 1.78 bits per heavy atom. The molecule has 0 aliphatic carbocycles. The van der Waals surface area contributed by atoms with Gasteiger partial charge in [0.15, 0.2) is 0 Å². The molecule has 0 unspecified atom stereocenters. The Bertz CT molecular complexity index is 384. The van der Waals surface area contributed by atoms with Gasteiger partial charge in [0.25, 0.3) is 0 Å². The highest BCUT2D eigenvalue weighted by Crippen LogP contribution is 2.22. The molecule has 0 N–H and O–H groups in total. The Hall–Kier alpha value is -0.0100. The van der Waals surface area contributed by atoms with Crippen LogP contribution in [-0.2, 0) is 0 Å². The van der Waals surface area contributed by atoms with Gasteiger partial charge in [-0.3, -0.25) is 0 Å². The number of benzene rings is 1. The summed E-state index contributed by atoms with van der Waals surface area (Å²) in [5.74, 6) is 0. The Morgan fingerprint density at radius 3 is 3.22 bits per heavy atom. The van der Waals surface area contributed by atoms with E-state index in [1.54, 1.807) is 0 Å². The molecule has 0 aliphatic heterocycles. The fourth-order valence-corrected chi connectivity index (χ4v) is 0.708. The van der Waals surface area contributed by atoms with E-state index in [4.69, 9.17) is 19.8 Å². The van der Waals surface area contributed by atoms with Gasteiger partial charge in [-0.1, -0.05) is 17.6 Å². The maximum atomic E-state index is 7.50. The summed E-state index contributed by atoms with van der Waals surface area (Å²) in [5, 5.41) is -0.151. The zero-order valence-corrected chi connectivity index (χ0v) is 6.60. The minimum Gasteiger partial charge on any atom is -0.0831 e. The van der Waals surface area contributed by atoms with E-state index in [1.807, 2.05) is 0 Å². The minimum atomic E-state index is -2.60. The molecule has 1 rings (SSSR count). The summed E-state index contributed by atoms with van der Waals surface area (Å²) in [4.78, 5) is 0. The van der Waals surface area contributed by atoms with Crippen LogP contribution in [0.1, 0.15) is 13.8 Å². The molecular weight excluding hydrogens is 199 g/mol. The Balaban J connectivity index is 3.68. The fourth-order valence-electron chi connectivity index (χ4n) is 0.368. The lowest BCUT2D eigenvalue weighted by molar-refractivity contribution is 1.46. The maximum Gasteiger partial charge on any atom is 0.0642 e. The second-order valence-corrected chi connectivity index (χ2v) is 2.55. The average molecular weight is 212 g/mol. The molecule has 2 heteroatoms. The summed E-state index contributed by atoms with van der Waals surface area (Å²) in [6.07, 6.45) is 0.